The third-order valence-electron chi connectivity index (χ3n) is 4.38. The molecule has 1 aliphatic carbocycles. The lowest BCUT2D eigenvalue weighted by Gasteiger charge is -2.28. The summed E-state index contributed by atoms with van der Waals surface area (Å²) >= 11 is 4.66. The Morgan fingerprint density at radius 3 is 2.54 bits per heavy atom. The molecule has 126 valence electrons. The summed E-state index contributed by atoms with van der Waals surface area (Å²) in [7, 11) is 0. The number of carbonyl (C=O) groups excluding carboxylic acids is 1. The standard InChI is InChI=1S/C20H20I2O2/c1-2-3-4-5-20(23)24-19-11-13-10-14(21)6-8-16(13)17-9-7-15(22)12-18(17)19/h6-10,12,19H,2-5,11H2,1H3. The lowest BCUT2D eigenvalue weighted by molar-refractivity contribution is -0.149. The average molecular weight is 546 g/mol. The van der Waals surface area contributed by atoms with E-state index in [1.807, 2.05) is 0 Å². The highest BCUT2D eigenvalue weighted by Crippen LogP contribution is 2.41. The highest BCUT2D eigenvalue weighted by atomic mass is 127. The smallest absolute Gasteiger partial charge is 0.306 e. The van der Waals surface area contributed by atoms with Gasteiger partial charge < -0.3 is 4.74 Å². The minimum Gasteiger partial charge on any atom is -0.457 e. The second-order valence-electron chi connectivity index (χ2n) is 6.17. The van der Waals surface area contributed by atoms with E-state index in [1.54, 1.807) is 0 Å². The molecule has 2 aromatic rings. The monoisotopic (exact) mass is 546 g/mol. The zero-order valence-corrected chi connectivity index (χ0v) is 18.0. The van der Waals surface area contributed by atoms with Crippen LogP contribution in [0.15, 0.2) is 36.4 Å². The second-order valence-corrected chi connectivity index (χ2v) is 8.66. The summed E-state index contributed by atoms with van der Waals surface area (Å²) in [5, 5.41) is 0. The van der Waals surface area contributed by atoms with E-state index in [0.717, 1.165) is 31.2 Å². The Bertz CT molecular complexity index is 755. The Morgan fingerprint density at radius 1 is 1.08 bits per heavy atom. The van der Waals surface area contributed by atoms with E-state index < -0.39 is 0 Å². The number of fused-ring (bicyclic) bond motifs is 3. The van der Waals surface area contributed by atoms with E-state index in [9.17, 15) is 4.79 Å². The fraction of sp³-hybridized carbons (Fsp3) is 0.350. The van der Waals surface area contributed by atoms with Crippen LogP contribution in [-0.2, 0) is 16.0 Å². The van der Waals surface area contributed by atoms with Gasteiger partial charge in [-0.1, -0.05) is 31.9 Å². The minimum absolute atomic E-state index is 0.0765. The summed E-state index contributed by atoms with van der Waals surface area (Å²) in [6, 6.07) is 12.9. The zero-order chi connectivity index (χ0) is 17.1. The number of halogens is 2. The minimum atomic E-state index is -0.172. The number of hydrogen-bond donors (Lipinski definition) is 0. The van der Waals surface area contributed by atoms with Gasteiger partial charge in [0.1, 0.15) is 6.10 Å². The molecular formula is C20H20I2O2. The fourth-order valence-corrected chi connectivity index (χ4v) is 4.26. The van der Waals surface area contributed by atoms with Crippen LogP contribution in [0.2, 0.25) is 0 Å². The largest absolute Gasteiger partial charge is 0.457 e. The van der Waals surface area contributed by atoms with E-state index in [1.165, 1.54) is 23.8 Å². The van der Waals surface area contributed by atoms with Crippen molar-refractivity contribution in [2.45, 2.75) is 45.1 Å². The molecule has 1 aliphatic rings. The molecule has 0 fully saturated rings. The molecule has 0 amide bonds. The van der Waals surface area contributed by atoms with Crippen LogP contribution in [0.5, 0.6) is 0 Å². The molecular weight excluding hydrogens is 526 g/mol. The molecule has 0 spiro atoms. The molecule has 1 unspecified atom stereocenters. The number of esters is 1. The molecule has 3 rings (SSSR count). The summed E-state index contributed by atoms with van der Waals surface area (Å²) in [5.74, 6) is -0.0765. The highest BCUT2D eigenvalue weighted by Gasteiger charge is 2.27. The molecule has 0 bridgehead atoms. The molecule has 0 heterocycles. The van der Waals surface area contributed by atoms with Gasteiger partial charge in [0.2, 0.25) is 0 Å². The van der Waals surface area contributed by atoms with Gasteiger partial charge in [0, 0.05) is 25.5 Å². The number of ether oxygens (including phenoxy) is 1. The number of unbranched alkanes of at least 4 members (excludes halogenated alkanes) is 2. The lowest BCUT2D eigenvalue weighted by atomic mass is 9.84. The predicted octanol–water partition coefficient (Wildman–Crippen LogP) is 6.28. The van der Waals surface area contributed by atoms with E-state index in [4.69, 9.17) is 4.74 Å². The highest BCUT2D eigenvalue weighted by molar-refractivity contribution is 14.1. The van der Waals surface area contributed by atoms with Crippen molar-refractivity contribution in [1.29, 1.82) is 0 Å². The third-order valence-corrected chi connectivity index (χ3v) is 5.72. The van der Waals surface area contributed by atoms with Crippen LogP contribution in [0.4, 0.5) is 0 Å². The van der Waals surface area contributed by atoms with Crippen molar-refractivity contribution < 1.29 is 9.53 Å². The second kappa shape index (κ2) is 8.17. The van der Waals surface area contributed by atoms with Gasteiger partial charge in [-0.3, -0.25) is 4.79 Å². The molecule has 0 saturated carbocycles. The Kier molecular flexibility index (Phi) is 6.18. The van der Waals surface area contributed by atoms with Gasteiger partial charge in [0.05, 0.1) is 0 Å². The van der Waals surface area contributed by atoms with Gasteiger partial charge in [-0.15, -0.1) is 0 Å². The number of hydrogen-bond acceptors (Lipinski definition) is 2. The maximum atomic E-state index is 12.2. The SMILES string of the molecule is CCCCCC(=O)OC1Cc2cc(I)ccc2-c2ccc(I)cc21. The van der Waals surface area contributed by atoms with E-state index >= 15 is 0 Å². The van der Waals surface area contributed by atoms with Gasteiger partial charge >= 0.3 is 5.97 Å². The van der Waals surface area contributed by atoms with Gasteiger partial charge in [0.25, 0.3) is 0 Å². The number of benzene rings is 2. The van der Waals surface area contributed by atoms with E-state index in [0.29, 0.717) is 6.42 Å². The zero-order valence-electron chi connectivity index (χ0n) is 13.6. The molecule has 0 N–H and O–H groups in total. The molecule has 0 aliphatic heterocycles. The van der Waals surface area contributed by atoms with Crippen LogP contribution in [-0.4, -0.2) is 5.97 Å². The molecule has 4 heteroatoms. The van der Waals surface area contributed by atoms with E-state index in [-0.39, 0.29) is 12.1 Å². The van der Waals surface area contributed by atoms with Crippen LogP contribution >= 0.6 is 45.2 Å². The molecule has 0 aromatic heterocycles. The Balaban J connectivity index is 1.89. The molecule has 2 aromatic carbocycles. The maximum absolute atomic E-state index is 12.2. The first-order valence-corrected chi connectivity index (χ1v) is 10.5. The summed E-state index contributed by atoms with van der Waals surface area (Å²) in [6.45, 7) is 2.14. The normalized spacial score (nSPS) is 15.5. The van der Waals surface area contributed by atoms with E-state index in [2.05, 4.69) is 88.5 Å². The van der Waals surface area contributed by atoms with Gasteiger partial charge in [-0.05, 0) is 92.6 Å². The summed E-state index contributed by atoms with van der Waals surface area (Å²) in [4.78, 5) is 12.2. The van der Waals surface area contributed by atoms with Crippen LogP contribution in [0.1, 0.15) is 49.8 Å². The lowest BCUT2D eigenvalue weighted by Crippen LogP contribution is -2.18. The van der Waals surface area contributed by atoms with Gasteiger partial charge in [-0.2, -0.15) is 0 Å². The van der Waals surface area contributed by atoms with Crippen molar-refractivity contribution in [1.82, 2.24) is 0 Å². The first-order chi connectivity index (χ1) is 11.6. The third kappa shape index (κ3) is 4.12. The first-order valence-electron chi connectivity index (χ1n) is 8.36. The molecule has 0 radical (unpaired) electrons. The fourth-order valence-electron chi connectivity index (χ4n) is 3.19. The first kappa shape index (κ1) is 18.2. The van der Waals surface area contributed by atoms with Gasteiger partial charge in [0.15, 0.2) is 0 Å². The number of rotatable bonds is 5. The van der Waals surface area contributed by atoms with Crippen LogP contribution in [0.3, 0.4) is 0 Å². The average Bonchev–Trinajstić information content (AvgIpc) is 2.55. The van der Waals surface area contributed by atoms with Crippen LogP contribution < -0.4 is 0 Å². The quantitative estimate of drug-likeness (QED) is 0.251. The molecule has 1 atom stereocenters. The van der Waals surface area contributed by atoms with Crippen molar-refractivity contribution in [3.8, 4) is 11.1 Å². The Morgan fingerprint density at radius 2 is 1.79 bits per heavy atom. The molecule has 24 heavy (non-hydrogen) atoms. The summed E-state index contributed by atoms with van der Waals surface area (Å²) in [6.07, 6.45) is 4.21. The molecule has 2 nitrogen and oxygen atoms in total. The number of carbonyl (C=O) groups is 1. The van der Waals surface area contributed by atoms with Crippen molar-refractivity contribution in [3.05, 3.63) is 54.7 Å². The van der Waals surface area contributed by atoms with Crippen molar-refractivity contribution in [2.24, 2.45) is 0 Å². The maximum Gasteiger partial charge on any atom is 0.306 e. The topological polar surface area (TPSA) is 26.3 Å². The predicted molar refractivity (Wildman–Crippen MR) is 114 cm³/mol. The van der Waals surface area contributed by atoms with Crippen molar-refractivity contribution >= 4 is 51.2 Å². The molecule has 0 saturated heterocycles. The van der Waals surface area contributed by atoms with Gasteiger partial charge in [-0.25, -0.2) is 0 Å². The van der Waals surface area contributed by atoms with Crippen molar-refractivity contribution in [3.63, 3.8) is 0 Å². The van der Waals surface area contributed by atoms with Crippen LogP contribution in [0.25, 0.3) is 11.1 Å². The Labute approximate surface area is 170 Å². The summed E-state index contributed by atoms with van der Waals surface area (Å²) in [5.41, 5.74) is 4.86. The van der Waals surface area contributed by atoms with Crippen LogP contribution in [0, 0.1) is 7.14 Å². The van der Waals surface area contributed by atoms with Crippen molar-refractivity contribution in [2.75, 3.05) is 0 Å². The summed E-state index contributed by atoms with van der Waals surface area (Å²) < 4.78 is 8.26. The Hall–Kier alpha value is -0.630.